The van der Waals surface area contributed by atoms with E-state index >= 15 is 0 Å². The molecule has 0 aliphatic carbocycles. The van der Waals surface area contributed by atoms with E-state index in [1.165, 1.54) is 12.1 Å². The first-order valence-corrected chi connectivity index (χ1v) is 10.4. The summed E-state index contributed by atoms with van der Waals surface area (Å²) in [5.74, 6) is -0.396. The molecule has 1 N–H and O–H groups in total. The van der Waals surface area contributed by atoms with Crippen LogP contribution in [0.4, 0.5) is 11.4 Å². The molecule has 26 heavy (non-hydrogen) atoms. The molecule has 0 spiro atoms. The van der Waals surface area contributed by atoms with Crippen molar-refractivity contribution in [3.8, 4) is 0 Å². The number of carbonyl (C=O) groups is 1. The average Bonchev–Trinajstić information content (AvgIpc) is 2.62. The quantitative estimate of drug-likeness (QED) is 0.862. The molecule has 6 nitrogen and oxygen atoms in total. The largest absolute Gasteiger partial charge is 0.378 e. The van der Waals surface area contributed by atoms with Gasteiger partial charge in [-0.3, -0.25) is 4.79 Å². The highest BCUT2D eigenvalue weighted by atomic mass is 35.5. The molecule has 1 saturated heterocycles. The van der Waals surface area contributed by atoms with Crippen molar-refractivity contribution in [1.29, 1.82) is 0 Å². The molecule has 3 rings (SSSR count). The molecule has 2 aromatic rings. The van der Waals surface area contributed by atoms with Crippen molar-refractivity contribution in [3.63, 3.8) is 0 Å². The van der Waals surface area contributed by atoms with Crippen molar-refractivity contribution >= 4 is 38.7 Å². The smallest absolute Gasteiger partial charge is 0.255 e. The highest BCUT2D eigenvalue weighted by Crippen LogP contribution is 2.34. The van der Waals surface area contributed by atoms with Crippen LogP contribution in [0.5, 0.6) is 0 Å². The highest BCUT2D eigenvalue weighted by molar-refractivity contribution is 7.90. The second kappa shape index (κ2) is 7.65. The minimum atomic E-state index is -3.39. The molecule has 1 aliphatic rings. The third-order valence-electron chi connectivity index (χ3n) is 4.09. The molecular formula is C18H19ClN2O4S. The van der Waals surface area contributed by atoms with Crippen LogP contribution in [-0.2, 0) is 14.6 Å². The Morgan fingerprint density at radius 3 is 2.54 bits per heavy atom. The summed E-state index contributed by atoms with van der Waals surface area (Å²) in [5.41, 5.74) is 1.58. The van der Waals surface area contributed by atoms with Gasteiger partial charge in [-0.2, -0.15) is 0 Å². The van der Waals surface area contributed by atoms with Crippen LogP contribution in [-0.4, -0.2) is 46.9 Å². The number of nitrogens with zero attached hydrogens (tertiary/aromatic N) is 1. The lowest BCUT2D eigenvalue weighted by Gasteiger charge is -2.31. The Labute approximate surface area is 157 Å². The van der Waals surface area contributed by atoms with Gasteiger partial charge in [0.1, 0.15) is 0 Å². The van der Waals surface area contributed by atoms with E-state index in [2.05, 4.69) is 10.2 Å². The topological polar surface area (TPSA) is 75.7 Å². The lowest BCUT2D eigenvalue weighted by molar-refractivity contribution is 0.102. The second-order valence-corrected chi connectivity index (χ2v) is 8.41. The second-order valence-electron chi connectivity index (χ2n) is 5.99. The number of hydrogen-bond acceptors (Lipinski definition) is 5. The van der Waals surface area contributed by atoms with Gasteiger partial charge in [-0.25, -0.2) is 8.42 Å². The number of benzene rings is 2. The van der Waals surface area contributed by atoms with Crippen molar-refractivity contribution in [1.82, 2.24) is 0 Å². The van der Waals surface area contributed by atoms with E-state index in [0.717, 1.165) is 11.9 Å². The monoisotopic (exact) mass is 394 g/mol. The van der Waals surface area contributed by atoms with Crippen LogP contribution in [0.25, 0.3) is 0 Å². The SMILES string of the molecule is CS(=O)(=O)c1cccc(C(=O)Nc2cccc(Cl)c2N2CCOCC2)c1. The number of rotatable bonds is 4. The van der Waals surface area contributed by atoms with Crippen LogP contribution in [0, 0.1) is 0 Å². The number of halogens is 1. The minimum absolute atomic E-state index is 0.102. The number of anilines is 2. The summed E-state index contributed by atoms with van der Waals surface area (Å²) in [6, 6.07) is 11.2. The van der Waals surface area contributed by atoms with Gasteiger partial charge < -0.3 is 15.0 Å². The maximum Gasteiger partial charge on any atom is 0.255 e. The molecule has 138 valence electrons. The van der Waals surface area contributed by atoms with Gasteiger partial charge in [-0.1, -0.05) is 23.7 Å². The zero-order valence-corrected chi connectivity index (χ0v) is 15.8. The first-order valence-electron chi connectivity index (χ1n) is 8.09. The minimum Gasteiger partial charge on any atom is -0.378 e. The molecule has 0 radical (unpaired) electrons. The van der Waals surface area contributed by atoms with Gasteiger partial charge in [0.2, 0.25) is 0 Å². The van der Waals surface area contributed by atoms with Crippen LogP contribution in [0.15, 0.2) is 47.4 Å². The summed E-state index contributed by atoms with van der Waals surface area (Å²) >= 11 is 6.36. The molecule has 2 aromatic carbocycles. The van der Waals surface area contributed by atoms with Crippen molar-refractivity contribution in [2.45, 2.75) is 4.90 Å². The molecule has 0 bridgehead atoms. The summed E-state index contributed by atoms with van der Waals surface area (Å²) in [4.78, 5) is 14.8. The summed E-state index contributed by atoms with van der Waals surface area (Å²) in [7, 11) is -3.39. The Hall–Kier alpha value is -2.09. The summed E-state index contributed by atoms with van der Waals surface area (Å²) < 4.78 is 28.8. The fraction of sp³-hybridized carbons (Fsp3) is 0.278. The highest BCUT2D eigenvalue weighted by Gasteiger charge is 2.20. The normalized spacial score (nSPS) is 14.9. The maximum atomic E-state index is 12.6. The Balaban J connectivity index is 1.89. The summed E-state index contributed by atoms with van der Waals surface area (Å²) in [6.07, 6.45) is 1.11. The fourth-order valence-corrected chi connectivity index (χ4v) is 3.75. The Bertz CT molecular complexity index is 925. The number of hydrogen-bond donors (Lipinski definition) is 1. The lowest BCUT2D eigenvalue weighted by Crippen LogP contribution is -2.37. The van der Waals surface area contributed by atoms with Crippen LogP contribution >= 0.6 is 11.6 Å². The molecule has 8 heteroatoms. The number of carbonyl (C=O) groups excluding carboxylic acids is 1. The first kappa shape index (κ1) is 18.7. The van der Waals surface area contributed by atoms with Gasteiger partial charge in [0.25, 0.3) is 5.91 Å². The van der Waals surface area contributed by atoms with E-state index in [0.29, 0.717) is 37.0 Å². The third kappa shape index (κ3) is 4.17. The van der Waals surface area contributed by atoms with Crippen LogP contribution in [0.3, 0.4) is 0 Å². The first-order chi connectivity index (χ1) is 12.4. The average molecular weight is 395 g/mol. The van der Waals surface area contributed by atoms with E-state index in [1.807, 2.05) is 0 Å². The van der Waals surface area contributed by atoms with Crippen molar-refractivity contribution < 1.29 is 17.9 Å². The molecule has 0 aromatic heterocycles. The van der Waals surface area contributed by atoms with Crippen molar-refractivity contribution in [3.05, 3.63) is 53.1 Å². The number of nitrogens with one attached hydrogen (secondary N) is 1. The molecule has 0 saturated carbocycles. The van der Waals surface area contributed by atoms with Gasteiger partial charge >= 0.3 is 0 Å². The third-order valence-corrected chi connectivity index (χ3v) is 5.50. The van der Waals surface area contributed by atoms with Crippen LogP contribution in [0.2, 0.25) is 5.02 Å². The van der Waals surface area contributed by atoms with Gasteiger partial charge in [0.15, 0.2) is 9.84 Å². The van der Waals surface area contributed by atoms with E-state index in [1.54, 1.807) is 30.3 Å². The molecule has 1 amide bonds. The standard InChI is InChI=1S/C18H19ClN2O4S/c1-26(23,24)14-5-2-4-13(12-14)18(22)20-16-7-3-6-15(19)17(16)21-8-10-25-11-9-21/h2-7,12H,8-11H2,1H3,(H,20,22). The number of sulfone groups is 1. The van der Waals surface area contributed by atoms with Crippen molar-refractivity contribution in [2.24, 2.45) is 0 Å². The predicted molar refractivity (Wildman–Crippen MR) is 102 cm³/mol. The van der Waals surface area contributed by atoms with Gasteiger partial charge in [0, 0.05) is 24.9 Å². The summed E-state index contributed by atoms with van der Waals surface area (Å²) in [6.45, 7) is 2.54. The van der Waals surface area contributed by atoms with Crippen molar-refractivity contribution in [2.75, 3.05) is 42.8 Å². The van der Waals surface area contributed by atoms with E-state index < -0.39 is 15.7 Å². The molecular weight excluding hydrogens is 376 g/mol. The Kier molecular flexibility index (Phi) is 5.50. The Morgan fingerprint density at radius 1 is 1.15 bits per heavy atom. The summed E-state index contributed by atoms with van der Waals surface area (Å²) in [5, 5.41) is 3.38. The zero-order valence-electron chi connectivity index (χ0n) is 14.2. The number of para-hydroxylation sites is 1. The molecule has 1 fully saturated rings. The molecule has 0 atom stereocenters. The molecule has 0 unspecified atom stereocenters. The number of ether oxygens (including phenoxy) is 1. The number of amides is 1. The van der Waals surface area contributed by atoms with Crippen LogP contribution in [0.1, 0.15) is 10.4 Å². The van der Waals surface area contributed by atoms with E-state index in [4.69, 9.17) is 16.3 Å². The fourth-order valence-electron chi connectivity index (χ4n) is 2.79. The van der Waals surface area contributed by atoms with Gasteiger partial charge in [-0.05, 0) is 30.3 Å². The Morgan fingerprint density at radius 2 is 1.85 bits per heavy atom. The van der Waals surface area contributed by atoms with E-state index in [9.17, 15) is 13.2 Å². The van der Waals surface area contributed by atoms with E-state index in [-0.39, 0.29) is 10.5 Å². The zero-order chi connectivity index (χ0) is 18.7. The van der Waals surface area contributed by atoms with Gasteiger partial charge in [0.05, 0.1) is 34.5 Å². The molecule has 1 heterocycles. The van der Waals surface area contributed by atoms with Gasteiger partial charge in [-0.15, -0.1) is 0 Å². The maximum absolute atomic E-state index is 12.6. The predicted octanol–water partition coefficient (Wildman–Crippen LogP) is 2.83. The van der Waals surface area contributed by atoms with Crippen LogP contribution < -0.4 is 10.2 Å². The number of morpholine rings is 1. The molecule has 1 aliphatic heterocycles. The lowest BCUT2D eigenvalue weighted by atomic mass is 10.2.